The molecule has 0 bridgehead atoms. The lowest BCUT2D eigenvalue weighted by molar-refractivity contribution is -0.150. The predicted molar refractivity (Wildman–Crippen MR) is 70.9 cm³/mol. The molecule has 3 rings (SSSR count). The van der Waals surface area contributed by atoms with Gasteiger partial charge in [-0.25, -0.2) is 0 Å². The van der Waals surface area contributed by atoms with Crippen molar-refractivity contribution in [2.75, 3.05) is 19.7 Å². The number of hydrogen-bond acceptors (Lipinski definition) is 6. The minimum atomic E-state index is -0.0796. The first kappa shape index (κ1) is 13.5. The van der Waals surface area contributed by atoms with E-state index in [-0.39, 0.29) is 11.9 Å². The Kier molecular flexibility index (Phi) is 4.00. The molecule has 1 saturated heterocycles. The van der Waals surface area contributed by atoms with Crippen LogP contribution in [0.5, 0.6) is 0 Å². The summed E-state index contributed by atoms with van der Waals surface area (Å²) in [6.07, 6.45) is 4.25. The van der Waals surface area contributed by atoms with Crippen molar-refractivity contribution in [1.29, 1.82) is 0 Å². The minimum Gasteiger partial charge on any atom is -0.466 e. The van der Waals surface area contributed by atoms with Crippen LogP contribution < -0.4 is 0 Å². The average molecular weight is 279 g/mol. The molecule has 110 valence electrons. The zero-order valence-corrected chi connectivity index (χ0v) is 11.9. The van der Waals surface area contributed by atoms with E-state index in [1.807, 2.05) is 6.92 Å². The molecule has 1 aliphatic heterocycles. The van der Waals surface area contributed by atoms with Crippen molar-refractivity contribution < 1.29 is 14.1 Å². The van der Waals surface area contributed by atoms with E-state index < -0.39 is 0 Å². The molecule has 1 aromatic rings. The van der Waals surface area contributed by atoms with Gasteiger partial charge in [0.15, 0.2) is 5.82 Å². The molecule has 2 heterocycles. The second-order valence-electron chi connectivity index (χ2n) is 5.65. The molecule has 1 aromatic heterocycles. The Morgan fingerprint density at radius 2 is 2.30 bits per heavy atom. The lowest BCUT2D eigenvalue weighted by Gasteiger charge is -2.30. The Labute approximate surface area is 118 Å². The van der Waals surface area contributed by atoms with Crippen LogP contribution in [0.25, 0.3) is 0 Å². The number of nitrogens with zero attached hydrogens (tertiary/aromatic N) is 3. The van der Waals surface area contributed by atoms with Crippen LogP contribution in [-0.4, -0.2) is 40.7 Å². The third-order valence-electron chi connectivity index (χ3n) is 3.90. The van der Waals surface area contributed by atoms with E-state index in [1.165, 1.54) is 0 Å². The third kappa shape index (κ3) is 3.17. The van der Waals surface area contributed by atoms with Gasteiger partial charge >= 0.3 is 5.97 Å². The molecule has 0 aromatic carbocycles. The average Bonchev–Trinajstić information content (AvgIpc) is 3.20. The van der Waals surface area contributed by atoms with E-state index in [2.05, 4.69) is 15.0 Å². The summed E-state index contributed by atoms with van der Waals surface area (Å²) < 4.78 is 10.4. The highest BCUT2D eigenvalue weighted by molar-refractivity contribution is 5.72. The molecule has 6 nitrogen and oxygen atoms in total. The Hall–Kier alpha value is -1.43. The maximum absolute atomic E-state index is 11.8. The van der Waals surface area contributed by atoms with Crippen LogP contribution in [0.4, 0.5) is 0 Å². The number of piperidine rings is 1. The lowest BCUT2D eigenvalue weighted by atomic mass is 9.98. The zero-order valence-electron chi connectivity index (χ0n) is 11.9. The largest absolute Gasteiger partial charge is 0.466 e. The van der Waals surface area contributed by atoms with Gasteiger partial charge in [-0.05, 0) is 39.2 Å². The molecule has 0 unspecified atom stereocenters. The smallest absolute Gasteiger partial charge is 0.310 e. The molecule has 2 fully saturated rings. The molecule has 0 amide bonds. The molecule has 1 atom stereocenters. The molecular formula is C14H21N3O3. The van der Waals surface area contributed by atoms with E-state index in [4.69, 9.17) is 9.26 Å². The molecular weight excluding hydrogens is 258 g/mol. The first-order valence-corrected chi connectivity index (χ1v) is 7.47. The standard InChI is InChI=1S/C14H21N3O3/c1-2-19-14(18)11-4-3-7-17(8-11)9-12-15-13(20-16-12)10-5-6-10/h10-11H,2-9H2,1H3/t11-/m0/s1. The molecule has 1 aliphatic carbocycles. The van der Waals surface area contributed by atoms with Crippen molar-refractivity contribution >= 4 is 5.97 Å². The fourth-order valence-electron chi connectivity index (χ4n) is 2.68. The van der Waals surface area contributed by atoms with Crippen LogP contribution in [0.15, 0.2) is 4.52 Å². The second-order valence-corrected chi connectivity index (χ2v) is 5.65. The summed E-state index contributed by atoms with van der Waals surface area (Å²) in [5.41, 5.74) is 0. The zero-order chi connectivity index (χ0) is 13.9. The van der Waals surface area contributed by atoms with Gasteiger partial charge in [-0.15, -0.1) is 0 Å². The quantitative estimate of drug-likeness (QED) is 0.764. The van der Waals surface area contributed by atoms with Gasteiger partial charge in [0.2, 0.25) is 5.89 Å². The van der Waals surface area contributed by atoms with Crippen LogP contribution in [0.1, 0.15) is 50.2 Å². The van der Waals surface area contributed by atoms with Crippen LogP contribution in [-0.2, 0) is 16.1 Å². The SMILES string of the molecule is CCOC(=O)[C@H]1CCCN(Cc2noc(C3CC3)n2)C1. The van der Waals surface area contributed by atoms with E-state index in [9.17, 15) is 4.79 Å². The normalized spacial score (nSPS) is 23.8. The van der Waals surface area contributed by atoms with Crippen molar-refractivity contribution in [2.45, 2.75) is 45.1 Å². The van der Waals surface area contributed by atoms with E-state index in [0.717, 1.165) is 50.5 Å². The minimum absolute atomic E-state index is 0.0153. The van der Waals surface area contributed by atoms with Gasteiger partial charge in [0.25, 0.3) is 0 Å². The van der Waals surface area contributed by atoms with Crippen molar-refractivity contribution in [2.24, 2.45) is 5.92 Å². The summed E-state index contributed by atoms with van der Waals surface area (Å²) in [4.78, 5) is 18.5. The molecule has 0 N–H and O–H groups in total. The van der Waals surface area contributed by atoms with Gasteiger partial charge in [-0.2, -0.15) is 4.98 Å². The topological polar surface area (TPSA) is 68.5 Å². The summed E-state index contributed by atoms with van der Waals surface area (Å²) in [5, 5.41) is 4.03. The first-order valence-electron chi connectivity index (χ1n) is 7.47. The number of likely N-dealkylation sites (tertiary alicyclic amines) is 1. The number of ether oxygens (including phenoxy) is 1. The summed E-state index contributed by atoms with van der Waals surface area (Å²) in [7, 11) is 0. The number of esters is 1. The van der Waals surface area contributed by atoms with Gasteiger partial charge in [0.1, 0.15) is 0 Å². The van der Waals surface area contributed by atoms with Crippen molar-refractivity contribution in [3.05, 3.63) is 11.7 Å². The maximum Gasteiger partial charge on any atom is 0.310 e. The lowest BCUT2D eigenvalue weighted by Crippen LogP contribution is -2.39. The summed E-state index contributed by atoms with van der Waals surface area (Å²) in [6.45, 7) is 4.66. The number of carbonyl (C=O) groups is 1. The van der Waals surface area contributed by atoms with Crippen LogP contribution >= 0.6 is 0 Å². The third-order valence-corrected chi connectivity index (χ3v) is 3.90. The molecule has 0 radical (unpaired) electrons. The van der Waals surface area contributed by atoms with Gasteiger partial charge in [-0.3, -0.25) is 9.69 Å². The highest BCUT2D eigenvalue weighted by Crippen LogP contribution is 2.38. The second kappa shape index (κ2) is 5.91. The van der Waals surface area contributed by atoms with E-state index in [1.54, 1.807) is 0 Å². The molecule has 20 heavy (non-hydrogen) atoms. The first-order chi connectivity index (χ1) is 9.76. The van der Waals surface area contributed by atoms with Gasteiger partial charge in [-0.1, -0.05) is 5.16 Å². The van der Waals surface area contributed by atoms with Crippen LogP contribution in [0.2, 0.25) is 0 Å². The van der Waals surface area contributed by atoms with Gasteiger partial charge in [0, 0.05) is 12.5 Å². The van der Waals surface area contributed by atoms with Crippen molar-refractivity contribution in [1.82, 2.24) is 15.0 Å². The highest BCUT2D eigenvalue weighted by Gasteiger charge is 2.31. The van der Waals surface area contributed by atoms with Crippen molar-refractivity contribution in [3.8, 4) is 0 Å². The number of aromatic nitrogens is 2. The molecule has 0 spiro atoms. The number of rotatable bonds is 5. The van der Waals surface area contributed by atoms with E-state index >= 15 is 0 Å². The van der Waals surface area contributed by atoms with Crippen molar-refractivity contribution in [3.63, 3.8) is 0 Å². The van der Waals surface area contributed by atoms with Crippen LogP contribution in [0, 0.1) is 5.92 Å². The van der Waals surface area contributed by atoms with Gasteiger partial charge < -0.3 is 9.26 Å². The maximum atomic E-state index is 11.8. The fourth-order valence-corrected chi connectivity index (χ4v) is 2.68. The molecule has 1 saturated carbocycles. The van der Waals surface area contributed by atoms with Crippen LogP contribution in [0.3, 0.4) is 0 Å². The van der Waals surface area contributed by atoms with Gasteiger partial charge in [0.05, 0.1) is 19.1 Å². The summed E-state index contributed by atoms with van der Waals surface area (Å²) in [6, 6.07) is 0. The summed E-state index contributed by atoms with van der Waals surface area (Å²) in [5.74, 6) is 1.91. The summed E-state index contributed by atoms with van der Waals surface area (Å²) >= 11 is 0. The molecule has 6 heteroatoms. The Balaban J connectivity index is 1.54. The Bertz CT molecular complexity index is 470. The Morgan fingerprint density at radius 1 is 1.45 bits per heavy atom. The number of hydrogen-bond donors (Lipinski definition) is 0. The Morgan fingerprint density at radius 3 is 3.05 bits per heavy atom. The fraction of sp³-hybridized carbons (Fsp3) is 0.786. The highest BCUT2D eigenvalue weighted by atomic mass is 16.5. The monoisotopic (exact) mass is 279 g/mol. The predicted octanol–water partition coefficient (Wildman–Crippen LogP) is 1.72. The number of carbonyl (C=O) groups excluding carboxylic acids is 1. The van der Waals surface area contributed by atoms with E-state index in [0.29, 0.717) is 19.1 Å². The molecule has 2 aliphatic rings.